The van der Waals surface area contributed by atoms with Crippen LogP contribution in [-0.4, -0.2) is 23.8 Å². The Labute approximate surface area is 177 Å². The second-order valence-corrected chi connectivity index (χ2v) is 9.36. The van der Waals surface area contributed by atoms with E-state index in [1.54, 1.807) is 24.3 Å². The van der Waals surface area contributed by atoms with E-state index in [2.05, 4.69) is 24.1 Å². The number of ether oxygens (including phenoxy) is 1. The Hall–Kier alpha value is -2.64. The lowest BCUT2D eigenvalue weighted by atomic mass is 9.75. The molecule has 0 aliphatic heterocycles. The molecule has 2 heterocycles. The number of benzene rings is 1. The fourth-order valence-electron chi connectivity index (χ4n) is 3.62. The first-order chi connectivity index (χ1) is 13.7. The molecule has 1 aliphatic rings. The highest BCUT2D eigenvalue weighted by atomic mass is 35.5. The van der Waals surface area contributed by atoms with Crippen LogP contribution in [0, 0.1) is 5.41 Å². The van der Waals surface area contributed by atoms with Crippen LogP contribution in [0.15, 0.2) is 24.3 Å². The second-order valence-electron chi connectivity index (χ2n) is 7.92. The number of aromatic nitrogens is 1. The van der Waals surface area contributed by atoms with Crippen molar-refractivity contribution in [3.63, 3.8) is 0 Å². The summed E-state index contributed by atoms with van der Waals surface area (Å²) in [4.78, 5) is 31.1. The zero-order chi connectivity index (χ0) is 20.9. The fourth-order valence-corrected chi connectivity index (χ4v) is 4.79. The molecular weight excluding hydrogens is 410 g/mol. The average molecular weight is 430 g/mol. The maximum atomic E-state index is 12.9. The summed E-state index contributed by atoms with van der Waals surface area (Å²) in [5.41, 5.74) is 8.27. The Morgan fingerprint density at radius 1 is 1.31 bits per heavy atom. The van der Waals surface area contributed by atoms with Gasteiger partial charge in [-0.1, -0.05) is 25.4 Å². The predicted octanol–water partition coefficient (Wildman–Crippen LogP) is 4.95. The number of thiophene rings is 1. The van der Waals surface area contributed by atoms with E-state index >= 15 is 0 Å². The number of rotatable bonds is 3. The van der Waals surface area contributed by atoms with E-state index in [1.165, 1.54) is 18.4 Å². The van der Waals surface area contributed by atoms with E-state index < -0.39 is 0 Å². The van der Waals surface area contributed by atoms with Gasteiger partial charge in [0, 0.05) is 22.4 Å². The second kappa shape index (κ2) is 7.00. The summed E-state index contributed by atoms with van der Waals surface area (Å²) in [6, 6.07) is 6.74. The third kappa shape index (κ3) is 3.56. The maximum Gasteiger partial charge on any atom is 0.268 e. The van der Waals surface area contributed by atoms with Crippen LogP contribution in [-0.2, 0) is 6.42 Å². The van der Waals surface area contributed by atoms with E-state index in [1.807, 2.05) is 0 Å². The van der Waals surface area contributed by atoms with Crippen molar-refractivity contribution in [1.82, 2.24) is 4.98 Å². The lowest BCUT2D eigenvalue weighted by molar-refractivity contribution is 0.0910. The molecule has 1 amide bonds. The molecule has 0 saturated carbocycles. The Balaban J connectivity index is 1.74. The summed E-state index contributed by atoms with van der Waals surface area (Å²) in [6.45, 7) is 4.11. The number of nitrogens with one attached hydrogen (secondary N) is 1. The summed E-state index contributed by atoms with van der Waals surface area (Å²) >= 11 is 7.25. The maximum absolute atomic E-state index is 12.9. The first kappa shape index (κ1) is 19.7. The Kier molecular flexibility index (Phi) is 4.75. The number of fused-ring (bicyclic) bond motifs is 2. The third-order valence-corrected chi connectivity index (χ3v) is 6.35. The van der Waals surface area contributed by atoms with Gasteiger partial charge in [-0.25, -0.2) is 4.98 Å². The molecule has 0 unspecified atom stereocenters. The van der Waals surface area contributed by atoms with Crippen LogP contribution in [0.5, 0.6) is 5.75 Å². The highest BCUT2D eigenvalue weighted by molar-refractivity contribution is 7.21. The molecule has 0 spiro atoms. The van der Waals surface area contributed by atoms with Crippen molar-refractivity contribution in [3.8, 4) is 5.75 Å². The first-order valence-corrected chi connectivity index (χ1v) is 10.3. The van der Waals surface area contributed by atoms with Gasteiger partial charge in [0.15, 0.2) is 5.78 Å². The summed E-state index contributed by atoms with van der Waals surface area (Å²) in [6.07, 6.45) is 1.18. The van der Waals surface area contributed by atoms with Gasteiger partial charge in [-0.05, 0) is 36.1 Å². The van der Waals surface area contributed by atoms with Crippen molar-refractivity contribution in [1.29, 1.82) is 0 Å². The van der Waals surface area contributed by atoms with Crippen molar-refractivity contribution in [2.45, 2.75) is 26.7 Å². The molecule has 0 atom stereocenters. The number of carbonyl (C=O) groups is 2. The monoisotopic (exact) mass is 429 g/mol. The quantitative estimate of drug-likeness (QED) is 0.614. The van der Waals surface area contributed by atoms with E-state index in [0.29, 0.717) is 55.6 Å². The molecule has 0 fully saturated rings. The van der Waals surface area contributed by atoms with Crippen LogP contribution in [0.25, 0.3) is 10.2 Å². The van der Waals surface area contributed by atoms with Crippen LogP contribution in [0.2, 0.25) is 5.02 Å². The zero-order valence-corrected chi connectivity index (χ0v) is 17.8. The number of nitrogen functional groups attached to an aromatic ring is 1. The van der Waals surface area contributed by atoms with E-state index in [4.69, 9.17) is 22.1 Å². The number of pyridine rings is 1. The number of anilines is 2. The average Bonchev–Trinajstić information content (AvgIpc) is 2.95. The molecule has 4 rings (SSSR count). The number of ketones is 1. The standard InChI is InChI=1S/C21H20ClN3O3S/c1-21(2)8-14-11(15(26)9-21)7-12-17(23)18(29-20(12)25-14)19(27)24-13-6-10(22)4-5-16(13)28-3/h4-7H,8-9,23H2,1-3H3,(H,24,27). The minimum Gasteiger partial charge on any atom is -0.495 e. The van der Waals surface area contributed by atoms with Crippen LogP contribution >= 0.6 is 22.9 Å². The molecule has 0 radical (unpaired) electrons. The van der Waals surface area contributed by atoms with Crippen LogP contribution in [0.1, 0.15) is 46.0 Å². The smallest absolute Gasteiger partial charge is 0.268 e. The number of nitrogens with zero attached hydrogens (tertiary/aromatic N) is 1. The van der Waals surface area contributed by atoms with Gasteiger partial charge in [-0.3, -0.25) is 9.59 Å². The molecule has 3 aromatic rings. The van der Waals surface area contributed by atoms with Gasteiger partial charge in [0.25, 0.3) is 5.91 Å². The molecule has 8 heteroatoms. The number of carbonyl (C=O) groups excluding carboxylic acids is 2. The van der Waals surface area contributed by atoms with E-state index in [9.17, 15) is 9.59 Å². The highest BCUT2D eigenvalue weighted by Crippen LogP contribution is 2.39. The van der Waals surface area contributed by atoms with E-state index in [-0.39, 0.29) is 17.1 Å². The SMILES string of the molecule is COc1ccc(Cl)cc1NC(=O)c1sc2nc3c(cc2c1N)C(=O)CC(C)(C)C3. The molecule has 1 aromatic carbocycles. The molecule has 29 heavy (non-hydrogen) atoms. The number of hydrogen-bond donors (Lipinski definition) is 2. The van der Waals surface area contributed by atoms with Gasteiger partial charge in [0.1, 0.15) is 15.5 Å². The van der Waals surface area contributed by atoms with Gasteiger partial charge >= 0.3 is 0 Å². The van der Waals surface area contributed by atoms with Gasteiger partial charge in [0.05, 0.1) is 24.2 Å². The number of hydrogen-bond acceptors (Lipinski definition) is 6. The number of Topliss-reactive ketones (excluding diaryl/α,β-unsaturated/α-hetero) is 1. The topological polar surface area (TPSA) is 94.3 Å². The van der Waals surface area contributed by atoms with Crippen molar-refractivity contribution in [3.05, 3.63) is 45.4 Å². The molecule has 1 aliphatic carbocycles. The number of halogens is 1. The Morgan fingerprint density at radius 3 is 2.79 bits per heavy atom. The Morgan fingerprint density at radius 2 is 2.07 bits per heavy atom. The third-order valence-electron chi connectivity index (χ3n) is 5.00. The molecule has 6 nitrogen and oxygen atoms in total. The van der Waals surface area contributed by atoms with Gasteiger partial charge in [0.2, 0.25) is 0 Å². The summed E-state index contributed by atoms with van der Waals surface area (Å²) in [7, 11) is 1.51. The number of methoxy groups -OCH3 is 1. The first-order valence-electron chi connectivity index (χ1n) is 9.08. The number of nitrogens with two attached hydrogens (primary N) is 1. The van der Waals surface area contributed by atoms with Crippen LogP contribution < -0.4 is 15.8 Å². The lowest BCUT2D eigenvalue weighted by Crippen LogP contribution is -2.27. The van der Waals surface area contributed by atoms with E-state index in [0.717, 1.165) is 5.69 Å². The van der Waals surface area contributed by atoms with Gasteiger partial charge in [-0.2, -0.15) is 0 Å². The molecule has 150 valence electrons. The highest BCUT2D eigenvalue weighted by Gasteiger charge is 2.33. The normalized spacial score (nSPS) is 15.2. The molecule has 2 aromatic heterocycles. The van der Waals surface area contributed by atoms with Gasteiger partial charge in [-0.15, -0.1) is 11.3 Å². The van der Waals surface area contributed by atoms with Crippen LogP contribution in [0.3, 0.4) is 0 Å². The van der Waals surface area contributed by atoms with Crippen LogP contribution in [0.4, 0.5) is 11.4 Å². The molecule has 0 saturated heterocycles. The Bertz CT molecular complexity index is 1170. The predicted molar refractivity (Wildman–Crippen MR) is 116 cm³/mol. The molecule has 0 bridgehead atoms. The van der Waals surface area contributed by atoms with Gasteiger partial charge < -0.3 is 15.8 Å². The van der Waals surface area contributed by atoms with Crippen molar-refractivity contribution < 1.29 is 14.3 Å². The fraction of sp³-hybridized carbons (Fsp3) is 0.286. The number of amides is 1. The minimum absolute atomic E-state index is 0.0610. The lowest BCUT2D eigenvalue weighted by Gasteiger charge is -2.29. The summed E-state index contributed by atoms with van der Waals surface area (Å²) in [5, 5.41) is 3.90. The largest absolute Gasteiger partial charge is 0.495 e. The summed E-state index contributed by atoms with van der Waals surface area (Å²) < 4.78 is 5.27. The summed E-state index contributed by atoms with van der Waals surface area (Å²) in [5.74, 6) is 0.172. The van der Waals surface area contributed by atoms with Crippen molar-refractivity contribution >= 4 is 56.2 Å². The molecular formula is C21H20ClN3O3S. The van der Waals surface area contributed by atoms with Crippen molar-refractivity contribution in [2.75, 3.05) is 18.2 Å². The molecule has 3 N–H and O–H groups in total. The minimum atomic E-state index is -0.379. The van der Waals surface area contributed by atoms with Crippen molar-refractivity contribution in [2.24, 2.45) is 5.41 Å². The zero-order valence-electron chi connectivity index (χ0n) is 16.3.